The molecule has 38 heavy (non-hydrogen) atoms. The molecule has 0 aliphatic heterocycles. The lowest BCUT2D eigenvalue weighted by molar-refractivity contribution is 0.0985. The first-order chi connectivity index (χ1) is 17.6. The average Bonchev–Trinajstić information content (AvgIpc) is 3.28. The van der Waals surface area contributed by atoms with Crippen LogP contribution in [0.25, 0.3) is 10.2 Å². The number of hydrogen-bond acceptors (Lipinski definition) is 6. The summed E-state index contributed by atoms with van der Waals surface area (Å²) in [5, 5.41) is 0.227. The van der Waals surface area contributed by atoms with E-state index < -0.39 is 27.6 Å². The molecule has 7 nitrogen and oxygen atoms in total. The van der Waals surface area contributed by atoms with Crippen LogP contribution in [0.5, 0.6) is 0 Å². The largest absolute Gasteiger partial charge is 0.308 e. The Morgan fingerprint density at radius 2 is 1.61 bits per heavy atom. The number of likely N-dealkylation sites (N-methyl/N-ethyl adjacent to an activating group) is 1. The highest BCUT2D eigenvalue weighted by atomic mass is 35.5. The Balaban J connectivity index is 0.00000400. The van der Waals surface area contributed by atoms with E-state index in [2.05, 4.69) is 4.98 Å². The normalized spacial score (nSPS) is 11.7. The van der Waals surface area contributed by atoms with E-state index in [1.807, 2.05) is 49.3 Å². The van der Waals surface area contributed by atoms with E-state index >= 15 is 0 Å². The lowest BCUT2D eigenvalue weighted by atomic mass is 10.2. The van der Waals surface area contributed by atoms with Gasteiger partial charge in [-0.25, -0.2) is 22.2 Å². The van der Waals surface area contributed by atoms with E-state index in [1.165, 1.54) is 46.6 Å². The van der Waals surface area contributed by atoms with Crippen molar-refractivity contribution in [2.45, 2.75) is 11.4 Å². The molecule has 4 rings (SSSR count). The summed E-state index contributed by atoms with van der Waals surface area (Å²) in [6.45, 7) is 0.946. The molecule has 1 heterocycles. The quantitative estimate of drug-likeness (QED) is 0.278. The summed E-state index contributed by atoms with van der Waals surface area (Å²) in [7, 11) is 1.41. The van der Waals surface area contributed by atoms with Gasteiger partial charge in [0.2, 0.25) is 10.0 Å². The molecule has 0 aliphatic carbocycles. The van der Waals surface area contributed by atoms with Gasteiger partial charge in [-0.1, -0.05) is 41.7 Å². The van der Waals surface area contributed by atoms with Crippen molar-refractivity contribution < 1.29 is 22.0 Å². The second-order valence-corrected chi connectivity index (χ2v) is 11.8. The van der Waals surface area contributed by atoms with Crippen LogP contribution in [0.2, 0.25) is 0 Å². The number of halogens is 3. The Hall–Kier alpha value is -2.96. The van der Waals surface area contributed by atoms with Crippen LogP contribution in [-0.2, 0) is 16.6 Å². The zero-order valence-electron chi connectivity index (χ0n) is 21.0. The minimum absolute atomic E-state index is 0. The number of carbonyl (C=O) groups is 1. The molecule has 4 aromatic rings. The smallest absolute Gasteiger partial charge is 0.260 e. The fourth-order valence-corrected chi connectivity index (χ4v) is 5.86. The van der Waals surface area contributed by atoms with Crippen LogP contribution in [0.15, 0.2) is 71.6 Å². The van der Waals surface area contributed by atoms with Crippen molar-refractivity contribution in [1.29, 1.82) is 0 Å². The number of thiazole rings is 1. The van der Waals surface area contributed by atoms with Crippen LogP contribution in [0, 0.1) is 11.6 Å². The maximum atomic E-state index is 14.3. The lowest BCUT2D eigenvalue weighted by Crippen LogP contribution is -2.36. The molecule has 0 saturated heterocycles. The van der Waals surface area contributed by atoms with Gasteiger partial charge in [0, 0.05) is 38.3 Å². The first-order valence-corrected chi connectivity index (χ1v) is 13.6. The third kappa shape index (κ3) is 6.54. The van der Waals surface area contributed by atoms with Gasteiger partial charge in [0.15, 0.2) is 10.9 Å². The molecule has 12 heteroatoms. The lowest BCUT2D eigenvalue weighted by Gasteiger charge is -2.22. The summed E-state index contributed by atoms with van der Waals surface area (Å²) >= 11 is 1.01. The summed E-state index contributed by atoms with van der Waals surface area (Å²) in [6.07, 6.45) is 0. The van der Waals surface area contributed by atoms with E-state index in [9.17, 15) is 22.0 Å². The topological polar surface area (TPSA) is 73.8 Å². The number of amides is 1. The minimum atomic E-state index is -3.79. The number of carbonyl (C=O) groups excluding carboxylic acids is 1. The van der Waals surface area contributed by atoms with Gasteiger partial charge in [0.25, 0.3) is 5.91 Å². The van der Waals surface area contributed by atoms with Crippen LogP contribution in [0.3, 0.4) is 0 Å². The van der Waals surface area contributed by atoms with Gasteiger partial charge in [-0.05, 0) is 50.0 Å². The standard InChI is InChI=1S/C26H26F2N4O3S2.ClH/c1-30(2)13-14-32(26-29-24-22(28)15-20(27)16-23(24)36-26)25(33)19-9-11-21(12-10-19)37(34,35)31(3)17-18-7-5-4-6-8-18;/h4-12,15-16H,13-14,17H2,1-3H3;1H. The number of fused-ring (bicyclic) bond motifs is 1. The second-order valence-electron chi connectivity index (χ2n) is 8.76. The Labute approximate surface area is 230 Å². The molecule has 0 spiro atoms. The van der Waals surface area contributed by atoms with Crippen LogP contribution < -0.4 is 4.90 Å². The van der Waals surface area contributed by atoms with Crippen LogP contribution in [0.1, 0.15) is 15.9 Å². The molecule has 0 bridgehead atoms. The Kier molecular flexibility index (Phi) is 9.55. The van der Waals surface area contributed by atoms with Gasteiger partial charge in [0.05, 0.1) is 9.60 Å². The number of benzene rings is 3. The summed E-state index contributed by atoms with van der Waals surface area (Å²) in [4.78, 5) is 21.1. The number of aromatic nitrogens is 1. The predicted molar refractivity (Wildman–Crippen MR) is 149 cm³/mol. The minimum Gasteiger partial charge on any atom is -0.308 e. The predicted octanol–water partition coefficient (Wildman–Crippen LogP) is 5.03. The van der Waals surface area contributed by atoms with Gasteiger partial charge in [0.1, 0.15) is 11.3 Å². The molecule has 0 atom stereocenters. The summed E-state index contributed by atoms with van der Waals surface area (Å²) in [6, 6.07) is 16.8. The third-order valence-electron chi connectivity index (χ3n) is 5.71. The molecule has 0 aliphatic rings. The monoisotopic (exact) mass is 580 g/mol. The summed E-state index contributed by atoms with van der Waals surface area (Å²) < 4.78 is 55.6. The maximum absolute atomic E-state index is 14.3. The molecule has 3 aromatic carbocycles. The number of hydrogen-bond donors (Lipinski definition) is 0. The van der Waals surface area contributed by atoms with Crippen molar-refractivity contribution in [3.8, 4) is 0 Å². The summed E-state index contributed by atoms with van der Waals surface area (Å²) in [5.41, 5.74) is 1.09. The second kappa shape index (κ2) is 12.3. The van der Waals surface area contributed by atoms with Crippen molar-refractivity contribution in [3.63, 3.8) is 0 Å². The Bertz CT molecular complexity index is 1520. The van der Waals surface area contributed by atoms with Crippen molar-refractivity contribution in [2.24, 2.45) is 0 Å². The van der Waals surface area contributed by atoms with Gasteiger partial charge in [-0.2, -0.15) is 4.31 Å². The van der Waals surface area contributed by atoms with Crippen LogP contribution in [0.4, 0.5) is 13.9 Å². The highest BCUT2D eigenvalue weighted by Crippen LogP contribution is 2.32. The number of rotatable bonds is 9. The van der Waals surface area contributed by atoms with E-state index in [4.69, 9.17) is 0 Å². The van der Waals surface area contributed by atoms with Crippen LogP contribution in [-0.4, -0.2) is 62.7 Å². The Morgan fingerprint density at radius 1 is 0.947 bits per heavy atom. The van der Waals surface area contributed by atoms with E-state index in [-0.39, 0.29) is 51.3 Å². The maximum Gasteiger partial charge on any atom is 0.260 e. The van der Waals surface area contributed by atoms with Crippen molar-refractivity contribution in [3.05, 3.63) is 89.5 Å². The van der Waals surface area contributed by atoms with Gasteiger partial charge in [-0.3, -0.25) is 9.69 Å². The molecule has 0 fully saturated rings. The highest BCUT2D eigenvalue weighted by Gasteiger charge is 2.25. The fourth-order valence-electron chi connectivity index (χ4n) is 3.68. The zero-order valence-corrected chi connectivity index (χ0v) is 23.4. The van der Waals surface area contributed by atoms with Gasteiger partial charge < -0.3 is 4.90 Å². The van der Waals surface area contributed by atoms with Crippen molar-refractivity contribution in [1.82, 2.24) is 14.2 Å². The summed E-state index contributed by atoms with van der Waals surface area (Å²) in [5.74, 6) is -1.95. The van der Waals surface area contributed by atoms with E-state index in [0.29, 0.717) is 6.54 Å². The SMILES string of the molecule is CN(C)CCN(C(=O)c1ccc(S(=O)(=O)N(C)Cc2ccccc2)cc1)c1nc2c(F)cc(F)cc2s1.Cl. The Morgan fingerprint density at radius 3 is 2.24 bits per heavy atom. The molecule has 0 radical (unpaired) electrons. The number of sulfonamides is 1. The van der Waals surface area contributed by atoms with Gasteiger partial charge >= 0.3 is 0 Å². The van der Waals surface area contributed by atoms with E-state index in [0.717, 1.165) is 23.0 Å². The molecule has 0 unspecified atom stereocenters. The molecule has 1 amide bonds. The fraction of sp³-hybridized carbons (Fsp3) is 0.231. The third-order valence-corrected chi connectivity index (χ3v) is 8.55. The van der Waals surface area contributed by atoms with Crippen molar-refractivity contribution in [2.75, 3.05) is 39.1 Å². The van der Waals surface area contributed by atoms with Crippen molar-refractivity contribution >= 4 is 55.0 Å². The average molecular weight is 581 g/mol. The molecular formula is C26H27ClF2N4O3S2. The molecule has 0 N–H and O–H groups in total. The molecular weight excluding hydrogens is 554 g/mol. The zero-order chi connectivity index (χ0) is 26.7. The van der Waals surface area contributed by atoms with E-state index in [1.54, 1.807) is 0 Å². The van der Waals surface area contributed by atoms with Crippen LogP contribution >= 0.6 is 23.7 Å². The number of anilines is 1. The number of nitrogens with zero attached hydrogens (tertiary/aromatic N) is 4. The molecule has 0 saturated carbocycles. The first kappa shape index (κ1) is 29.6. The molecule has 202 valence electrons. The highest BCUT2D eigenvalue weighted by molar-refractivity contribution is 7.89. The molecule has 1 aromatic heterocycles. The van der Waals surface area contributed by atoms with Gasteiger partial charge in [-0.15, -0.1) is 12.4 Å². The first-order valence-electron chi connectivity index (χ1n) is 11.4.